The van der Waals surface area contributed by atoms with Crippen molar-refractivity contribution in [1.82, 2.24) is 5.32 Å². The van der Waals surface area contributed by atoms with Gasteiger partial charge in [-0.2, -0.15) is 0 Å². The Kier molecular flexibility index (Phi) is 6.01. The lowest BCUT2D eigenvalue weighted by atomic mass is 10.0. The minimum absolute atomic E-state index is 0.0438. The molecule has 0 heterocycles. The van der Waals surface area contributed by atoms with Crippen LogP contribution in [0.25, 0.3) is 0 Å². The minimum atomic E-state index is 0.0438. The second-order valence-corrected chi connectivity index (χ2v) is 4.56. The van der Waals surface area contributed by atoms with E-state index in [1.54, 1.807) is 0 Å². The van der Waals surface area contributed by atoms with Crippen LogP contribution in [0.15, 0.2) is 24.3 Å². The summed E-state index contributed by atoms with van der Waals surface area (Å²) < 4.78 is 0. The van der Waals surface area contributed by atoms with Gasteiger partial charge < -0.3 is 11.1 Å². The molecule has 0 radical (unpaired) electrons. The quantitative estimate of drug-likeness (QED) is 0.819. The summed E-state index contributed by atoms with van der Waals surface area (Å²) in [7, 11) is 0. The second kappa shape index (κ2) is 7.30. The Morgan fingerprint density at radius 2 is 2.29 bits per heavy atom. The van der Waals surface area contributed by atoms with Crippen molar-refractivity contribution in [2.45, 2.75) is 26.3 Å². The Morgan fingerprint density at radius 1 is 1.53 bits per heavy atom. The first kappa shape index (κ1) is 14.0. The SMILES string of the molecule is CCC(CN)CC(=O)NCc1cccc(Cl)c1. The summed E-state index contributed by atoms with van der Waals surface area (Å²) in [6.45, 7) is 3.11. The highest BCUT2D eigenvalue weighted by Gasteiger charge is 2.09. The fourth-order valence-electron chi connectivity index (χ4n) is 1.58. The monoisotopic (exact) mass is 254 g/mol. The van der Waals surface area contributed by atoms with Crippen molar-refractivity contribution in [2.75, 3.05) is 6.54 Å². The van der Waals surface area contributed by atoms with Crippen LogP contribution in [0.1, 0.15) is 25.3 Å². The molecule has 0 saturated heterocycles. The van der Waals surface area contributed by atoms with Crippen molar-refractivity contribution in [2.24, 2.45) is 11.7 Å². The van der Waals surface area contributed by atoms with Crippen LogP contribution < -0.4 is 11.1 Å². The van der Waals surface area contributed by atoms with Gasteiger partial charge in [0.1, 0.15) is 0 Å². The first-order chi connectivity index (χ1) is 8.15. The van der Waals surface area contributed by atoms with Crippen molar-refractivity contribution < 1.29 is 4.79 Å². The van der Waals surface area contributed by atoms with Crippen LogP contribution >= 0.6 is 11.6 Å². The van der Waals surface area contributed by atoms with E-state index in [2.05, 4.69) is 5.32 Å². The molecule has 17 heavy (non-hydrogen) atoms. The van der Waals surface area contributed by atoms with Gasteiger partial charge in [-0.1, -0.05) is 37.1 Å². The van der Waals surface area contributed by atoms with Crippen molar-refractivity contribution in [1.29, 1.82) is 0 Å². The van der Waals surface area contributed by atoms with E-state index in [-0.39, 0.29) is 11.8 Å². The van der Waals surface area contributed by atoms with E-state index in [4.69, 9.17) is 17.3 Å². The number of nitrogens with two attached hydrogens (primary N) is 1. The Labute approximate surface area is 107 Å². The van der Waals surface area contributed by atoms with Gasteiger partial charge in [0.2, 0.25) is 5.91 Å². The van der Waals surface area contributed by atoms with Crippen LogP contribution in [0.4, 0.5) is 0 Å². The van der Waals surface area contributed by atoms with Gasteiger partial charge >= 0.3 is 0 Å². The van der Waals surface area contributed by atoms with Gasteiger partial charge in [-0.15, -0.1) is 0 Å². The fraction of sp³-hybridized carbons (Fsp3) is 0.462. The van der Waals surface area contributed by atoms with E-state index >= 15 is 0 Å². The number of hydrogen-bond acceptors (Lipinski definition) is 2. The van der Waals surface area contributed by atoms with E-state index < -0.39 is 0 Å². The molecule has 3 N–H and O–H groups in total. The van der Waals surface area contributed by atoms with Crippen molar-refractivity contribution in [3.05, 3.63) is 34.9 Å². The highest BCUT2D eigenvalue weighted by molar-refractivity contribution is 6.30. The molecule has 1 unspecified atom stereocenters. The zero-order valence-corrected chi connectivity index (χ0v) is 10.8. The highest BCUT2D eigenvalue weighted by Crippen LogP contribution is 2.11. The zero-order valence-electron chi connectivity index (χ0n) is 10.1. The van der Waals surface area contributed by atoms with Crippen molar-refractivity contribution >= 4 is 17.5 Å². The molecule has 0 aliphatic rings. The molecule has 4 heteroatoms. The predicted molar refractivity (Wildman–Crippen MR) is 70.8 cm³/mol. The summed E-state index contributed by atoms with van der Waals surface area (Å²) in [5.74, 6) is 0.316. The second-order valence-electron chi connectivity index (χ2n) is 4.12. The van der Waals surface area contributed by atoms with Crippen LogP contribution in [0, 0.1) is 5.92 Å². The first-order valence-electron chi connectivity index (χ1n) is 5.87. The van der Waals surface area contributed by atoms with Gasteiger partial charge in [-0.25, -0.2) is 0 Å². The van der Waals surface area contributed by atoms with Crippen LogP contribution in [0.2, 0.25) is 5.02 Å². The molecule has 0 spiro atoms. The molecule has 1 atom stereocenters. The lowest BCUT2D eigenvalue weighted by Crippen LogP contribution is -2.27. The smallest absolute Gasteiger partial charge is 0.220 e. The predicted octanol–water partition coefficient (Wildman–Crippen LogP) is 2.33. The van der Waals surface area contributed by atoms with E-state index in [1.807, 2.05) is 31.2 Å². The third kappa shape index (κ3) is 5.20. The fourth-order valence-corrected chi connectivity index (χ4v) is 1.79. The van der Waals surface area contributed by atoms with Crippen molar-refractivity contribution in [3.63, 3.8) is 0 Å². The molecule has 94 valence electrons. The average molecular weight is 255 g/mol. The topological polar surface area (TPSA) is 55.1 Å². The minimum Gasteiger partial charge on any atom is -0.352 e. The van der Waals surface area contributed by atoms with E-state index in [1.165, 1.54) is 0 Å². The molecule has 0 aliphatic carbocycles. The molecule has 0 aromatic heterocycles. The molecule has 3 nitrogen and oxygen atoms in total. The maximum absolute atomic E-state index is 11.6. The van der Waals surface area contributed by atoms with E-state index in [0.29, 0.717) is 24.5 Å². The first-order valence-corrected chi connectivity index (χ1v) is 6.24. The number of rotatable bonds is 6. The number of amides is 1. The number of carbonyl (C=O) groups excluding carboxylic acids is 1. The standard InChI is InChI=1S/C13H19ClN2O/c1-2-10(8-15)7-13(17)16-9-11-4-3-5-12(14)6-11/h3-6,10H,2,7-9,15H2,1H3,(H,16,17). The summed E-state index contributed by atoms with van der Waals surface area (Å²) in [5.41, 5.74) is 6.57. The van der Waals surface area contributed by atoms with Gasteiger partial charge in [-0.05, 0) is 30.2 Å². The maximum atomic E-state index is 11.6. The Balaban J connectivity index is 2.38. The summed E-state index contributed by atoms with van der Waals surface area (Å²) >= 11 is 5.86. The number of carbonyl (C=O) groups is 1. The van der Waals surface area contributed by atoms with E-state index in [9.17, 15) is 4.79 Å². The van der Waals surface area contributed by atoms with Gasteiger partial charge in [0.25, 0.3) is 0 Å². The molecular formula is C13H19ClN2O. The maximum Gasteiger partial charge on any atom is 0.220 e. The molecule has 0 saturated carbocycles. The van der Waals surface area contributed by atoms with Gasteiger partial charge in [0.05, 0.1) is 0 Å². The molecule has 1 amide bonds. The average Bonchev–Trinajstić information content (AvgIpc) is 2.33. The number of nitrogens with one attached hydrogen (secondary N) is 1. The third-order valence-corrected chi connectivity index (χ3v) is 3.00. The molecule has 0 aliphatic heterocycles. The van der Waals surface area contributed by atoms with Crippen LogP contribution in [0.5, 0.6) is 0 Å². The number of halogens is 1. The van der Waals surface area contributed by atoms with Gasteiger partial charge in [-0.3, -0.25) is 4.79 Å². The van der Waals surface area contributed by atoms with Gasteiger partial charge in [0.15, 0.2) is 0 Å². The molecule has 0 fully saturated rings. The highest BCUT2D eigenvalue weighted by atomic mass is 35.5. The largest absolute Gasteiger partial charge is 0.352 e. The normalized spacial score (nSPS) is 12.2. The lowest BCUT2D eigenvalue weighted by molar-refractivity contribution is -0.122. The molecule has 1 rings (SSSR count). The molecule has 1 aromatic rings. The van der Waals surface area contributed by atoms with Gasteiger partial charge in [0, 0.05) is 18.0 Å². The lowest BCUT2D eigenvalue weighted by Gasteiger charge is -2.12. The zero-order chi connectivity index (χ0) is 12.7. The molecular weight excluding hydrogens is 236 g/mol. The Hall–Kier alpha value is -1.06. The molecule has 1 aromatic carbocycles. The number of hydrogen-bond donors (Lipinski definition) is 2. The van der Waals surface area contributed by atoms with Crippen LogP contribution in [0.3, 0.4) is 0 Å². The Morgan fingerprint density at radius 3 is 2.88 bits per heavy atom. The summed E-state index contributed by atoms with van der Waals surface area (Å²) in [5, 5.41) is 3.56. The van der Waals surface area contributed by atoms with Crippen molar-refractivity contribution in [3.8, 4) is 0 Å². The Bertz CT molecular complexity index is 364. The summed E-state index contributed by atoms with van der Waals surface area (Å²) in [6, 6.07) is 7.47. The molecule has 0 bridgehead atoms. The van der Waals surface area contributed by atoms with Crippen LogP contribution in [-0.2, 0) is 11.3 Å². The summed E-state index contributed by atoms with van der Waals surface area (Å²) in [6.07, 6.45) is 1.43. The van der Waals surface area contributed by atoms with Crippen LogP contribution in [-0.4, -0.2) is 12.5 Å². The number of benzene rings is 1. The summed E-state index contributed by atoms with van der Waals surface area (Å²) in [4.78, 5) is 11.6. The third-order valence-electron chi connectivity index (χ3n) is 2.76. The van der Waals surface area contributed by atoms with E-state index in [0.717, 1.165) is 12.0 Å².